The van der Waals surface area contributed by atoms with Crippen molar-refractivity contribution in [1.29, 1.82) is 0 Å². The van der Waals surface area contributed by atoms with Crippen molar-refractivity contribution in [2.24, 2.45) is 0 Å². The van der Waals surface area contributed by atoms with E-state index < -0.39 is 6.09 Å². The van der Waals surface area contributed by atoms with Crippen LogP contribution in [-0.2, 0) is 11.2 Å². The van der Waals surface area contributed by atoms with E-state index in [1.165, 1.54) is 12.7 Å². The van der Waals surface area contributed by atoms with Crippen molar-refractivity contribution in [2.45, 2.75) is 6.42 Å². The largest absolute Gasteiger partial charge is 0.497 e. The maximum absolute atomic E-state index is 11.1. The number of benzene rings is 2. The van der Waals surface area contributed by atoms with Crippen molar-refractivity contribution in [3.05, 3.63) is 54.1 Å². The van der Waals surface area contributed by atoms with Crippen molar-refractivity contribution >= 4 is 17.5 Å². The Labute approximate surface area is 130 Å². The second-order valence-corrected chi connectivity index (χ2v) is 4.72. The number of hydrogen-bond donors (Lipinski definition) is 2. The lowest BCUT2D eigenvalue weighted by Crippen LogP contribution is -2.11. The molecule has 5 nitrogen and oxygen atoms in total. The highest BCUT2D eigenvalue weighted by molar-refractivity contribution is 5.84. The zero-order valence-corrected chi connectivity index (χ0v) is 12.8. The summed E-state index contributed by atoms with van der Waals surface area (Å²) in [5.41, 5.74) is 2.92. The van der Waals surface area contributed by atoms with Crippen LogP contribution in [0.4, 0.5) is 16.2 Å². The summed E-state index contributed by atoms with van der Waals surface area (Å²) in [6.07, 6.45) is 0.429. The van der Waals surface area contributed by atoms with Gasteiger partial charge < -0.3 is 14.8 Å². The van der Waals surface area contributed by atoms with Crippen LogP contribution in [0.15, 0.2) is 48.5 Å². The number of nitrogens with one attached hydrogen (secondary N) is 2. The van der Waals surface area contributed by atoms with Crippen LogP contribution in [0.3, 0.4) is 0 Å². The van der Waals surface area contributed by atoms with Gasteiger partial charge >= 0.3 is 6.09 Å². The lowest BCUT2D eigenvalue weighted by molar-refractivity contribution is 0.187. The fourth-order valence-electron chi connectivity index (χ4n) is 2.02. The zero-order chi connectivity index (χ0) is 15.8. The number of rotatable bonds is 6. The summed E-state index contributed by atoms with van der Waals surface area (Å²) >= 11 is 0. The van der Waals surface area contributed by atoms with Gasteiger partial charge in [0.1, 0.15) is 5.75 Å². The Bertz CT molecular complexity index is 612. The molecular formula is C17H20N2O3. The van der Waals surface area contributed by atoms with Crippen LogP contribution in [-0.4, -0.2) is 26.9 Å². The van der Waals surface area contributed by atoms with Crippen LogP contribution in [0, 0.1) is 0 Å². The van der Waals surface area contributed by atoms with Crippen LogP contribution >= 0.6 is 0 Å². The van der Waals surface area contributed by atoms with E-state index in [9.17, 15) is 4.79 Å². The van der Waals surface area contributed by atoms with Crippen molar-refractivity contribution in [1.82, 2.24) is 0 Å². The maximum atomic E-state index is 11.1. The van der Waals surface area contributed by atoms with Crippen molar-refractivity contribution < 1.29 is 14.3 Å². The van der Waals surface area contributed by atoms with Crippen LogP contribution < -0.4 is 15.4 Å². The molecule has 116 valence electrons. The third kappa shape index (κ3) is 4.70. The van der Waals surface area contributed by atoms with E-state index in [1.54, 1.807) is 7.11 Å². The standard InChI is InChI=1S/C17H20N2O3/c1-21-16-5-3-4-13(12-16)10-11-18-14-6-8-15(9-7-14)19-17(20)22-2/h3-9,12,18H,10-11H2,1-2H3,(H,19,20). The summed E-state index contributed by atoms with van der Waals surface area (Å²) in [5, 5.41) is 5.95. The molecule has 2 aromatic carbocycles. The van der Waals surface area contributed by atoms with Crippen LogP contribution in [0.2, 0.25) is 0 Å². The highest BCUT2D eigenvalue weighted by atomic mass is 16.5. The first-order chi connectivity index (χ1) is 10.7. The third-order valence-electron chi connectivity index (χ3n) is 3.19. The second-order valence-electron chi connectivity index (χ2n) is 4.72. The number of ether oxygens (including phenoxy) is 2. The van der Waals surface area contributed by atoms with Gasteiger partial charge in [-0.1, -0.05) is 12.1 Å². The quantitative estimate of drug-likeness (QED) is 0.857. The molecule has 2 rings (SSSR count). The van der Waals surface area contributed by atoms with Gasteiger partial charge in [-0.2, -0.15) is 0 Å². The van der Waals surface area contributed by atoms with Gasteiger partial charge in [0.05, 0.1) is 14.2 Å². The van der Waals surface area contributed by atoms with Crippen LogP contribution in [0.5, 0.6) is 5.75 Å². The Morgan fingerprint density at radius 3 is 2.45 bits per heavy atom. The Kier molecular flexibility index (Phi) is 5.65. The molecule has 0 atom stereocenters. The van der Waals surface area contributed by atoms with Crippen molar-refractivity contribution in [2.75, 3.05) is 31.4 Å². The SMILES string of the molecule is COC(=O)Nc1ccc(NCCc2cccc(OC)c2)cc1. The van der Waals surface area contributed by atoms with E-state index in [0.29, 0.717) is 5.69 Å². The highest BCUT2D eigenvalue weighted by Crippen LogP contribution is 2.15. The molecule has 0 fully saturated rings. The molecule has 0 heterocycles. The first kappa shape index (κ1) is 15.7. The van der Waals surface area contributed by atoms with Crippen LogP contribution in [0.1, 0.15) is 5.56 Å². The molecule has 0 bridgehead atoms. The van der Waals surface area contributed by atoms with Gasteiger partial charge in [-0.25, -0.2) is 4.79 Å². The second kappa shape index (κ2) is 7.93. The molecule has 0 aliphatic rings. The summed E-state index contributed by atoms with van der Waals surface area (Å²) in [6, 6.07) is 15.5. The third-order valence-corrected chi connectivity index (χ3v) is 3.19. The first-order valence-electron chi connectivity index (χ1n) is 7.03. The monoisotopic (exact) mass is 300 g/mol. The molecule has 2 aromatic rings. The van der Waals surface area contributed by atoms with E-state index in [1.807, 2.05) is 42.5 Å². The predicted molar refractivity (Wildman–Crippen MR) is 87.7 cm³/mol. The van der Waals surface area contributed by atoms with Gasteiger partial charge in [0.15, 0.2) is 0 Å². The lowest BCUT2D eigenvalue weighted by Gasteiger charge is -2.09. The van der Waals surface area contributed by atoms with E-state index >= 15 is 0 Å². The summed E-state index contributed by atoms with van der Waals surface area (Å²) in [6.45, 7) is 0.816. The van der Waals surface area contributed by atoms with Gasteiger partial charge in [0.25, 0.3) is 0 Å². The van der Waals surface area contributed by atoms with E-state index in [2.05, 4.69) is 21.4 Å². The van der Waals surface area contributed by atoms with Gasteiger partial charge in [-0.15, -0.1) is 0 Å². The molecule has 0 saturated carbocycles. The molecule has 0 aliphatic carbocycles. The predicted octanol–water partition coefficient (Wildman–Crippen LogP) is 3.53. The number of amides is 1. The van der Waals surface area contributed by atoms with E-state index in [-0.39, 0.29) is 0 Å². The van der Waals surface area contributed by atoms with Gasteiger partial charge in [0.2, 0.25) is 0 Å². The number of carbonyl (C=O) groups is 1. The minimum Gasteiger partial charge on any atom is -0.497 e. The minimum absolute atomic E-state index is 0.473. The molecule has 22 heavy (non-hydrogen) atoms. The first-order valence-corrected chi connectivity index (χ1v) is 7.03. The molecular weight excluding hydrogens is 280 g/mol. The Balaban J connectivity index is 1.82. The number of carbonyl (C=O) groups excluding carboxylic acids is 1. The van der Waals surface area contributed by atoms with Gasteiger partial charge in [-0.3, -0.25) is 5.32 Å². The fourth-order valence-corrected chi connectivity index (χ4v) is 2.02. The summed E-state index contributed by atoms with van der Waals surface area (Å²) in [5.74, 6) is 0.871. The smallest absolute Gasteiger partial charge is 0.411 e. The average molecular weight is 300 g/mol. The maximum Gasteiger partial charge on any atom is 0.411 e. The average Bonchev–Trinajstić information content (AvgIpc) is 2.56. The number of anilines is 2. The number of methoxy groups -OCH3 is 2. The van der Waals surface area contributed by atoms with Gasteiger partial charge in [-0.05, 0) is 48.4 Å². The van der Waals surface area contributed by atoms with Crippen LogP contribution in [0.25, 0.3) is 0 Å². The van der Waals surface area contributed by atoms with Crippen molar-refractivity contribution in [3.8, 4) is 5.75 Å². The molecule has 0 saturated heterocycles. The van der Waals surface area contributed by atoms with E-state index in [4.69, 9.17) is 4.74 Å². The highest BCUT2D eigenvalue weighted by Gasteiger charge is 2.00. The zero-order valence-electron chi connectivity index (χ0n) is 12.8. The fraction of sp³-hybridized carbons (Fsp3) is 0.235. The Hall–Kier alpha value is -2.69. The molecule has 5 heteroatoms. The normalized spacial score (nSPS) is 9.91. The minimum atomic E-state index is -0.473. The molecule has 0 aliphatic heterocycles. The summed E-state index contributed by atoms with van der Waals surface area (Å²) in [4.78, 5) is 11.1. The topological polar surface area (TPSA) is 59.6 Å². The van der Waals surface area contributed by atoms with Crippen molar-refractivity contribution in [3.63, 3.8) is 0 Å². The molecule has 1 amide bonds. The molecule has 0 radical (unpaired) electrons. The molecule has 0 unspecified atom stereocenters. The molecule has 2 N–H and O–H groups in total. The van der Waals surface area contributed by atoms with E-state index in [0.717, 1.165) is 24.4 Å². The Morgan fingerprint density at radius 1 is 1.05 bits per heavy atom. The lowest BCUT2D eigenvalue weighted by atomic mass is 10.1. The summed E-state index contributed by atoms with van der Waals surface area (Å²) in [7, 11) is 3.01. The van der Waals surface area contributed by atoms with Gasteiger partial charge in [0, 0.05) is 17.9 Å². The number of hydrogen-bond acceptors (Lipinski definition) is 4. The summed E-state index contributed by atoms with van der Waals surface area (Å²) < 4.78 is 9.75. The Morgan fingerprint density at radius 2 is 1.77 bits per heavy atom. The molecule has 0 aromatic heterocycles. The molecule has 0 spiro atoms.